The van der Waals surface area contributed by atoms with Crippen LogP contribution in [0.2, 0.25) is 0 Å². The van der Waals surface area contributed by atoms with E-state index in [0.717, 1.165) is 29.8 Å². The fourth-order valence-corrected chi connectivity index (χ4v) is 3.94. The summed E-state index contributed by atoms with van der Waals surface area (Å²) in [5.41, 5.74) is 2.29. The number of rotatable bonds is 2. The number of morpholine rings is 1. The lowest BCUT2D eigenvalue weighted by atomic mass is 9.89. The van der Waals surface area contributed by atoms with Crippen LogP contribution in [0.15, 0.2) is 10.6 Å². The highest BCUT2D eigenvalue weighted by Crippen LogP contribution is 2.32. The van der Waals surface area contributed by atoms with E-state index in [1.165, 1.54) is 0 Å². The molecule has 0 bridgehead atoms. The largest absolute Gasteiger partial charge is 0.371 e. The molecule has 9 nitrogen and oxygen atoms in total. The molecule has 9 heteroatoms. The van der Waals surface area contributed by atoms with Crippen LogP contribution in [-0.4, -0.2) is 64.3 Å². The second-order valence-electron chi connectivity index (χ2n) is 7.77. The van der Waals surface area contributed by atoms with Gasteiger partial charge >= 0.3 is 0 Å². The lowest BCUT2D eigenvalue weighted by Gasteiger charge is -2.47. The molecule has 2 fully saturated rings. The summed E-state index contributed by atoms with van der Waals surface area (Å²) in [4.78, 5) is 25.6. The van der Waals surface area contributed by atoms with Crippen molar-refractivity contribution in [1.29, 1.82) is 5.26 Å². The number of amides is 1. The SMILES string of the molecule is Cc1cc(C#N)nc(N2CCC3(CC2)CN(C(=O)c2onc(C)c2C)CCO3)n1. The van der Waals surface area contributed by atoms with Gasteiger partial charge in [-0.05, 0) is 39.7 Å². The van der Waals surface area contributed by atoms with Crippen LogP contribution in [0.5, 0.6) is 0 Å². The van der Waals surface area contributed by atoms with E-state index in [2.05, 4.69) is 26.1 Å². The average molecular weight is 396 g/mol. The fraction of sp³-hybridized carbons (Fsp3) is 0.550. The van der Waals surface area contributed by atoms with Crippen LogP contribution < -0.4 is 4.90 Å². The van der Waals surface area contributed by atoms with Gasteiger partial charge in [-0.2, -0.15) is 5.26 Å². The average Bonchev–Trinajstić information content (AvgIpc) is 3.06. The minimum absolute atomic E-state index is 0.131. The summed E-state index contributed by atoms with van der Waals surface area (Å²) in [6.07, 6.45) is 1.51. The van der Waals surface area contributed by atoms with E-state index in [-0.39, 0.29) is 11.5 Å². The number of carbonyl (C=O) groups is 1. The van der Waals surface area contributed by atoms with Crippen molar-refractivity contribution in [2.45, 2.75) is 39.2 Å². The number of anilines is 1. The van der Waals surface area contributed by atoms with Crippen molar-refractivity contribution in [2.24, 2.45) is 0 Å². The number of aromatic nitrogens is 3. The summed E-state index contributed by atoms with van der Waals surface area (Å²) in [5, 5.41) is 13.1. The first-order chi connectivity index (χ1) is 13.9. The van der Waals surface area contributed by atoms with Gasteiger partial charge in [0.15, 0.2) is 0 Å². The normalized spacial score (nSPS) is 18.7. The third-order valence-electron chi connectivity index (χ3n) is 5.80. The second-order valence-corrected chi connectivity index (χ2v) is 7.77. The van der Waals surface area contributed by atoms with Gasteiger partial charge in [0, 0.05) is 30.9 Å². The van der Waals surface area contributed by atoms with Gasteiger partial charge in [-0.1, -0.05) is 5.16 Å². The number of nitriles is 1. The van der Waals surface area contributed by atoms with Crippen LogP contribution >= 0.6 is 0 Å². The van der Waals surface area contributed by atoms with Crippen LogP contribution in [0.3, 0.4) is 0 Å². The van der Waals surface area contributed by atoms with Crippen molar-refractivity contribution in [3.63, 3.8) is 0 Å². The highest BCUT2D eigenvalue weighted by atomic mass is 16.5. The van der Waals surface area contributed by atoms with Crippen molar-refractivity contribution in [1.82, 2.24) is 20.0 Å². The zero-order chi connectivity index (χ0) is 20.6. The topological polar surface area (TPSA) is 108 Å². The molecule has 2 aliphatic rings. The molecule has 2 aromatic rings. The van der Waals surface area contributed by atoms with Gasteiger partial charge in [-0.25, -0.2) is 9.97 Å². The Labute approximate surface area is 169 Å². The quantitative estimate of drug-likeness (QED) is 0.756. The summed E-state index contributed by atoms with van der Waals surface area (Å²) >= 11 is 0. The smallest absolute Gasteiger partial charge is 0.292 e. The molecule has 0 aliphatic carbocycles. The molecule has 0 unspecified atom stereocenters. The minimum atomic E-state index is -0.380. The number of nitrogens with zero attached hydrogens (tertiary/aromatic N) is 6. The Kier molecular flexibility index (Phi) is 4.96. The van der Waals surface area contributed by atoms with E-state index in [1.807, 2.05) is 25.7 Å². The Balaban J connectivity index is 1.45. The van der Waals surface area contributed by atoms with E-state index >= 15 is 0 Å². The van der Waals surface area contributed by atoms with Crippen LogP contribution in [-0.2, 0) is 4.74 Å². The Morgan fingerprint density at radius 2 is 1.97 bits per heavy atom. The van der Waals surface area contributed by atoms with Crippen molar-refractivity contribution in [2.75, 3.05) is 37.7 Å². The summed E-state index contributed by atoms with van der Waals surface area (Å²) in [7, 11) is 0. The number of aryl methyl sites for hydroxylation is 2. The molecule has 4 heterocycles. The lowest BCUT2D eigenvalue weighted by molar-refractivity contribution is -0.112. The number of piperidine rings is 1. The first-order valence-electron chi connectivity index (χ1n) is 9.78. The molecule has 29 heavy (non-hydrogen) atoms. The molecule has 4 rings (SSSR count). The number of hydrogen-bond acceptors (Lipinski definition) is 8. The van der Waals surface area contributed by atoms with Crippen LogP contribution in [0.1, 0.15) is 46.0 Å². The third-order valence-corrected chi connectivity index (χ3v) is 5.80. The molecule has 2 aliphatic heterocycles. The minimum Gasteiger partial charge on any atom is -0.371 e. The molecule has 0 radical (unpaired) electrons. The third kappa shape index (κ3) is 3.68. The van der Waals surface area contributed by atoms with E-state index in [0.29, 0.717) is 50.2 Å². The first-order valence-corrected chi connectivity index (χ1v) is 9.78. The Hall–Kier alpha value is -2.99. The predicted molar refractivity (Wildman–Crippen MR) is 103 cm³/mol. The van der Waals surface area contributed by atoms with Crippen LogP contribution in [0, 0.1) is 32.1 Å². The molecule has 2 aromatic heterocycles. The maximum atomic E-state index is 12.9. The lowest BCUT2D eigenvalue weighted by Crippen LogP contribution is -2.58. The van der Waals surface area contributed by atoms with Gasteiger partial charge in [0.1, 0.15) is 11.8 Å². The molecule has 0 N–H and O–H groups in total. The number of ether oxygens (including phenoxy) is 1. The molecule has 1 spiro atoms. The Morgan fingerprint density at radius 3 is 2.62 bits per heavy atom. The highest BCUT2D eigenvalue weighted by molar-refractivity contribution is 5.93. The van der Waals surface area contributed by atoms with Crippen molar-refractivity contribution < 1.29 is 14.1 Å². The second kappa shape index (κ2) is 7.44. The number of hydrogen-bond donors (Lipinski definition) is 0. The van der Waals surface area contributed by atoms with E-state index in [1.54, 1.807) is 6.07 Å². The molecule has 2 saturated heterocycles. The van der Waals surface area contributed by atoms with Crippen LogP contribution in [0.4, 0.5) is 5.95 Å². The number of carbonyl (C=O) groups excluding carboxylic acids is 1. The Bertz CT molecular complexity index is 971. The summed E-state index contributed by atoms with van der Waals surface area (Å²) < 4.78 is 11.4. The van der Waals surface area contributed by atoms with Gasteiger partial charge in [-0.3, -0.25) is 4.79 Å². The van der Waals surface area contributed by atoms with Gasteiger partial charge in [0.2, 0.25) is 11.7 Å². The predicted octanol–water partition coefficient (Wildman–Crippen LogP) is 1.77. The van der Waals surface area contributed by atoms with Gasteiger partial charge < -0.3 is 19.1 Å². The van der Waals surface area contributed by atoms with Gasteiger partial charge in [0.25, 0.3) is 5.91 Å². The van der Waals surface area contributed by atoms with Gasteiger partial charge in [0.05, 0.1) is 24.4 Å². The highest BCUT2D eigenvalue weighted by Gasteiger charge is 2.42. The van der Waals surface area contributed by atoms with Crippen molar-refractivity contribution in [3.05, 3.63) is 34.5 Å². The standard InChI is InChI=1S/C20H24N6O3/c1-13-10-16(11-21)23-19(22-13)25-6-4-20(5-7-25)12-26(8-9-28-20)18(27)17-14(2)15(3)24-29-17/h10H,4-9,12H2,1-3H3. The fourth-order valence-electron chi connectivity index (χ4n) is 3.94. The summed E-state index contributed by atoms with van der Waals surface area (Å²) in [5.74, 6) is 0.760. The van der Waals surface area contributed by atoms with E-state index in [4.69, 9.17) is 14.5 Å². The van der Waals surface area contributed by atoms with Gasteiger partial charge in [-0.15, -0.1) is 0 Å². The molecule has 152 valence electrons. The Morgan fingerprint density at radius 1 is 1.21 bits per heavy atom. The van der Waals surface area contributed by atoms with E-state index in [9.17, 15) is 4.79 Å². The van der Waals surface area contributed by atoms with Crippen molar-refractivity contribution >= 4 is 11.9 Å². The van der Waals surface area contributed by atoms with Crippen molar-refractivity contribution in [3.8, 4) is 6.07 Å². The summed E-state index contributed by atoms with van der Waals surface area (Å²) in [6.45, 7) is 8.51. The molecular formula is C20H24N6O3. The monoisotopic (exact) mass is 396 g/mol. The zero-order valence-corrected chi connectivity index (χ0v) is 16.9. The molecule has 0 atom stereocenters. The molecule has 1 amide bonds. The summed E-state index contributed by atoms with van der Waals surface area (Å²) in [6, 6.07) is 3.76. The van der Waals surface area contributed by atoms with Crippen LogP contribution in [0.25, 0.3) is 0 Å². The molecular weight excluding hydrogens is 372 g/mol. The maximum absolute atomic E-state index is 12.9. The van der Waals surface area contributed by atoms with E-state index < -0.39 is 0 Å². The zero-order valence-electron chi connectivity index (χ0n) is 16.9. The first kappa shape index (κ1) is 19.3. The molecule has 0 saturated carbocycles. The molecule has 0 aromatic carbocycles. The maximum Gasteiger partial charge on any atom is 0.292 e.